The topological polar surface area (TPSA) is 85.3 Å². The van der Waals surface area contributed by atoms with Gasteiger partial charge in [0, 0.05) is 32.3 Å². The predicted octanol–water partition coefficient (Wildman–Crippen LogP) is 2.80. The molecular weight excluding hydrogens is 387 g/mol. The summed E-state index contributed by atoms with van der Waals surface area (Å²) in [5, 5.41) is 5.61. The van der Waals surface area contributed by atoms with Crippen LogP contribution in [0.1, 0.15) is 29.0 Å². The lowest BCUT2D eigenvalue weighted by Crippen LogP contribution is -2.27. The van der Waals surface area contributed by atoms with Gasteiger partial charge in [0.2, 0.25) is 0 Å². The zero-order valence-corrected chi connectivity index (χ0v) is 16.7. The van der Waals surface area contributed by atoms with Gasteiger partial charge < -0.3 is 19.9 Å². The van der Waals surface area contributed by atoms with E-state index in [1.165, 1.54) is 12.1 Å². The Kier molecular flexibility index (Phi) is 5.76. The lowest BCUT2D eigenvalue weighted by molar-refractivity contribution is -0.124. The number of imidazole rings is 1. The molecule has 1 aromatic heterocycles. The van der Waals surface area contributed by atoms with E-state index < -0.39 is 17.8 Å². The van der Waals surface area contributed by atoms with Crippen LogP contribution in [-0.4, -0.2) is 40.6 Å². The van der Waals surface area contributed by atoms with Gasteiger partial charge in [0.1, 0.15) is 17.7 Å². The summed E-state index contributed by atoms with van der Waals surface area (Å²) in [7, 11) is 1.90. The zero-order chi connectivity index (χ0) is 21.1. The molecule has 1 aliphatic heterocycles. The minimum Gasteiger partial charge on any atom is -0.368 e. The van der Waals surface area contributed by atoms with E-state index in [4.69, 9.17) is 4.74 Å². The third-order valence-electron chi connectivity index (χ3n) is 5.22. The number of anilines is 1. The van der Waals surface area contributed by atoms with Crippen molar-refractivity contribution in [3.05, 3.63) is 59.7 Å². The van der Waals surface area contributed by atoms with Gasteiger partial charge in [-0.1, -0.05) is 12.1 Å². The molecule has 0 bridgehead atoms. The number of rotatable bonds is 6. The first-order valence-electron chi connectivity index (χ1n) is 9.93. The average molecular weight is 410 g/mol. The molecule has 1 saturated heterocycles. The van der Waals surface area contributed by atoms with Crippen LogP contribution in [0.3, 0.4) is 0 Å². The third-order valence-corrected chi connectivity index (χ3v) is 5.22. The summed E-state index contributed by atoms with van der Waals surface area (Å²) in [5.74, 6) is -0.360. The zero-order valence-electron chi connectivity index (χ0n) is 16.7. The maximum Gasteiger partial charge on any atom is 0.254 e. The number of amides is 2. The fraction of sp³-hybridized carbons (Fsp3) is 0.318. The van der Waals surface area contributed by atoms with Crippen molar-refractivity contribution < 1.29 is 18.7 Å². The first-order chi connectivity index (χ1) is 14.5. The molecule has 0 spiro atoms. The molecule has 8 heteroatoms. The summed E-state index contributed by atoms with van der Waals surface area (Å²) >= 11 is 0. The highest BCUT2D eigenvalue weighted by Crippen LogP contribution is 2.21. The minimum absolute atomic E-state index is 0.0223. The van der Waals surface area contributed by atoms with Gasteiger partial charge in [-0.2, -0.15) is 0 Å². The molecule has 156 valence electrons. The number of halogens is 1. The van der Waals surface area contributed by atoms with Gasteiger partial charge in [-0.25, -0.2) is 9.37 Å². The number of benzene rings is 2. The van der Waals surface area contributed by atoms with Crippen molar-refractivity contribution in [2.45, 2.75) is 25.4 Å². The van der Waals surface area contributed by atoms with Gasteiger partial charge in [0.25, 0.3) is 11.8 Å². The molecule has 2 aromatic carbocycles. The lowest BCUT2D eigenvalue weighted by atomic mass is 10.2. The highest BCUT2D eigenvalue weighted by Gasteiger charge is 2.23. The maximum atomic E-state index is 13.7. The highest BCUT2D eigenvalue weighted by atomic mass is 19.1. The highest BCUT2D eigenvalue weighted by molar-refractivity contribution is 5.96. The number of aromatic nitrogens is 2. The number of ether oxygens (including phenoxy) is 1. The number of hydrogen-bond acceptors (Lipinski definition) is 4. The Labute approximate surface area is 173 Å². The van der Waals surface area contributed by atoms with Crippen molar-refractivity contribution in [1.82, 2.24) is 14.9 Å². The first-order valence-corrected chi connectivity index (χ1v) is 9.93. The number of carbonyl (C=O) groups is 2. The molecule has 0 radical (unpaired) electrons. The average Bonchev–Trinajstić information content (AvgIpc) is 3.37. The van der Waals surface area contributed by atoms with Crippen LogP contribution in [0.15, 0.2) is 42.5 Å². The monoisotopic (exact) mass is 410 g/mol. The normalized spacial score (nSPS) is 16.0. The van der Waals surface area contributed by atoms with Crippen molar-refractivity contribution in [2.24, 2.45) is 7.05 Å². The van der Waals surface area contributed by atoms with Crippen molar-refractivity contribution in [1.29, 1.82) is 0 Å². The fourth-order valence-electron chi connectivity index (χ4n) is 3.59. The van der Waals surface area contributed by atoms with Crippen LogP contribution in [0.25, 0.3) is 11.0 Å². The first kappa shape index (κ1) is 20.0. The van der Waals surface area contributed by atoms with E-state index in [0.29, 0.717) is 25.3 Å². The third kappa shape index (κ3) is 4.18. The van der Waals surface area contributed by atoms with Crippen LogP contribution >= 0.6 is 0 Å². The maximum absolute atomic E-state index is 13.7. The molecule has 1 fully saturated rings. The Hall–Kier alpha value is -3.26. The van der Waals surface area contributed by atoms with Crippen LogP contribution < -0.4 is 10.6 Å². The molecule has 2 amide bonds. The van der Waals surface area contributed by atoms with Gasteiger partial charge in [-0.15, -0.1) is 0 Å². The summed E-state index contributed by atoms with van der Waals surface area (Å²) in [6, 6.07) is 11.4. The van der Waals surface area contributed by atoms with Crippen LogP contribution in [0.2, 0.25) is 0 Å². The van der Waals surface area contributed by atoms with E-state index in [-0.39, 0.29) is 11.5 Å². The number of fused-ring (bicyclic) bond motifs is 1. The Morgan fingerprint density at radius 2 is 2.10 bits per heavy atom. The van der Waals surface area contributed by atoms with Gasteiger partial charge in [-0.05, 0) is 43.2 Å². The number of carbonyl (C=O) groups excluding carboxylic acids is 2. The second-order valence-corrected chi connectivity index (χ2v) is 7.27. The van der Waals surface area contributed by atoms with Gasteiger partial charge in [-0.3, -0.25) is 9.59 Å². The van der Waals surface area contributed by atoms with E-state index in [0.717, 1.165) is 29.7 Å². The number of nitrogens with one attached hydrogen (secondary N) is 2. The molecule has 30 heavy (non-hydrogen) atoms. The second-order valence-electron chi connectivity index (χ2n) is 7.27. The molecule has 1 atom stereocenters. The summed E-state index contributed by atoms with van der Waals surface area (Å²) in [5.41, 5.74) is 2.35. The molecule has 3 aromatic rings. The van der Waals surface area contributed by atoms with Gasteiger partial charge >= 0.3 is 0 Å². The summed E-state index contributed by atoms with van der Waals surface area (Å²) in [4.78, 5) is 29.0. The van der Waals surface area contributed by atoms with Crippen molar-refractivity contribution in [2.75, 3.05) is 18.5 Å². The van der Waals surface area contributed by atoms with Gasteiger partial charge in [0.05, 0.1) is 16.6 Å². The summed E-state index contributed by atoms with van der Waals surface area (Å²) in [6.07, 6.45) is 1.73. The molecule has 2 heterocycles. The Morgan fingerprint density at radius 3 is 2.87 bits per heavy atom. The summed E-state index contributed by atoms with van der Waals surface area (Å²) in [6.45, 7) is 0.946. The lowest BCUT2D eigenvalue weighted by Gasteiger charge is -2.10. The smallest absolute Gasteiger partial charge is 0.254 e. The van der Waals surface area contributed by atoms with E-state index in [9.17, 15) is 14.0 Å². The molecule has 7 nitrogen and oxygen atoms in total. The Morgan fingerprint density at radius 1 is 1.27 bits per heavy atom. The molecule has 1 aliphatic rings. The molecule has 0 unspecified atom stereocenters. The van der Waals surface area contributed by atoms with Crippen LogP contribution in [0.5, 0.6) is 0 Å². The molecule has 0 aliphatic carbocycles. The second kappa shape index (κ2) is 8.62. The number of hydrogen-bond donors (Lipinski definition) is 2. The molecular formula is C22H23FN4O3. The molecule has 4 rings (SSSR count). The van der Waals surface area contributed by atoms with Crippen molar-refractivity contribution in [3.8, 4) is 0 Å². The summed E-state index contributed by atoms with van der Waals surface area (Å²) < 4.78 is 21.1. The van der Waals surface area contributed by atoms with E-state index >= 15 is 0 Å². The van der Waals surface area contributed by atoms with Crippen LogP contribution in [0.4, 0.5) is 10.1 Å². The van der Waals surface area contributed by atoms with Crippen LogP contribution in [-0.2, 0) is 23.0 Å². The van der Waals surface area contributed by atoms with Crippen LogP contribution in [0, 0.1) is 5.82 Å². The largest absolute Gasteiger partial charge is 0.368 e. The quantitative estimate of drug-likeness (QED) is 0.654. The predicted molar refractivity (Wildman–Crippen MR) is 111 cm³/mol. The van der Waals surface area contributed by atoms with E-state index in [1.54, 1.807) is 12.1 Å². The van der Waals surface area contributed by atoms with E-state index in [1.807, 2.05) is 29.8 Å². The molecule has 0 saturated carbocycles. The number of aryl methyl sites for hydroxylation is 1. The standard InChI is InChI=1S/C22H23FN4O3/c1-27-18-9-8-14(25-22(29)19-7-4-12-30-19)13-17(18)26-20(27)10-11-24-21(28)15-5-2-3-6-16(15)23/h2-3,5-6,8-9,13,19H,4,7,10-12H2,1H3,(H,24,28)(H,25,29)/t19-/m0/s1. The SMILES string of the molecule is Cn1c(CCNC(=O)c2ccccc2F)nc2cc(NC(=O)[C@@H]3CCCO3)ccc21. The Bertz CT molecular complexity index is 1090. The van der Waals surface area contributed by atoms with Crippen molar-refractivity contribution >= 4 is 28.5 Å². The Balaban J connectivity index is 1.40. The molecule has 2 N–H and O–H groups in total. The minimum atomic E-state index is -0.546. The number of nitrogens with zero attached hydrogens (tertiary/aromatic N) is 2. The van der Waals surface area contributed by atoms with Gasteiger partial charge in [0.15, 0.2) is 0 Å². The van der Waals surface area contributed by atoms with Crippen molar-refractivity contribution in [3.63, 3.8) is 0 Å². The van der Waals surface area contributed by atoms with E-state index in [2.05, 4.69) is 15.6 Å². The fourth-order valence-corrected chi connectivity index (χ4v) is 3.59.